The van der Waals surface area contributed by atoms with E-state index in [1.165, 1.54) is 25.2 Å². The molecule has 2 N–H and O–H groups in total. The summed E-state index contributed by atoms with van der Waals surface area (Å²) in [6.45, 7) is -0.665. The first-order chi connectivity index (χ1) is 16.7. The fraction of sp³-hybridized carbons (Fsp3) is 0.308. The third-order valence-electron chi connectivity index (χ3n) is 6.61. The van der Waals surface area contributed by atoms with Gasteiger partial charge in [0.25, 0.3) is 5.56 Å². The molecule has 0 saturated heterocycles. The van der Waals surface area contributed by atoms with Gasteiger partial charge >= 0.3 is 11.7 Å². The van der Waals surface area contributed by atoms with Gasteiger partial charge in [0, 0.05) is 7.05 Å². The molecule has 35 heavy (non-hydrogen) atoms. The second kappa shape index (κ2) is 9.69. The van der Waals surface area contributed by atoms with Crippen LogP contribution >= 0.6 is 0 Å². The van der Waals surface area contributed by atoms with E-state index in [0.29, 0.717) is 18.4 Å². The Morgan fingerprint density at radius 1 is 1.06 bits per heavy atom. The summed E-state index contributed by atoms with van der Waals surface area (Å²) in [6, 6.07) is 14.8. The molecular formula is C26H26FN3O5. The van der Waals surface area contributed by atoms with Crippen LogP contribution in [0, 0.1) is 5.82 Å². The number of aromatic nitrogens is 2. The Morgan fingerprint density at radius 2 is 1.74 bits per heavy atom. The number of nitrogens with two attached hydrogens (primary N) is 1. The molecule has 0 unspecified atom stereocenters. The molecule has 1 saturated carbocycles. The summed E-state index contributed by atoms with van der Waals surface area (Å²) in [5.41, 5.74) is 4.37. The van der Waals surface area contributed by atoms with Crippen molar-refractivity contribution >= 4 is 17.6 Å². The van der Waals surface area contributed by atoms with E-state index in [-0.39, 0.29) is 12.4 Å². The van der Waals surface area contributed by atoms with Crippen molar-refractivity contribution < 1.29 is 18.7 Å². The first-order valence-corrected chi connectivity index (χ1v) is 11.3. The van der Waals surface area contributed by atoms with Crippen LogP contribution in [0.15, 0.2) is 64.2 Å². The number of benzene rings is 2. The molecule has 0 atom stereocenters. The highest BCUT2D eigenvalue weighted by atomic mass is 19.1. The van der Waals surface area contributed by atoms with Gasteiger partial charge < -0.3 is 10.5 Å². The van der Waals surface area contributed by atoms with Crippen molar-refractivity contribution in [3.63, 3.8) is 0 Å². The Bertz CT molecular complexity index is 1390. The van der Waals surface area contributed by atoms with Crippen LogP contribution in [-0.4, -0.2) is 27.5 Å². The Balaban J connectivity index is 1.61. The molecular weight excluding hydrogens is 453 g/mol. The number of carbonyl (C=O) groups is 2. The highest BCUT2D eigenvalue weighted by Gasteiger charge is 2.44. The van der Waals surface area contributed by atoms with Crippen molar-refractivity contribution in [3.8, 4) is 0 Å². The van der Waals surface area contributed by atoms with E-state index in [4.69, 9.17) is 10.5 Å². The molecule has 182 valence electrons. The Morgan fingerprint density at radius 3 is 2.40 bits per heavy atom. The zero-order valence-electron chi connectivity index (χ0n) is 19.3. The van der Waals surface area contributed by atoms with Gasteiger partial charge in [-0.2, -0.15) is 0 Å². The zero-order chi connectivity index (χ0) is 25.2. The summed E-state index contributed by atoms with van der Waals surface area (Å²) in [6.07, 6.45) is 2.46. The number of anilines is 1. The lowest BCUT2D eigenvalue weighted by Crippen LogP contribution is -2.43. The number of nitrogen functional groups attached to an aromatic ring is 1. The number of carbonyl (C=O) groups excluding carboxylic acids is 2. The van der Waals surface area contributed by atoms with Gasteiger partial charge in [0.05, 0.1) is 12.0 Å². The SMILES string of the molecule is Cn1c(=O)c(C(=O)COC(=O)C2(c3cccc(F)c3)CCCC2)c(N)n(Cc2ccccc2)c1=O. The predicted molar refractivity (Wildman–Crippen MR) is 128 cm³/mol. The minimum atomic E-state index is -1.05. The number of nitrogens with zero attached hydrogens (tertiary/aromatic N) is 2. The molecule has 9 heteroatoms. The van der Waals surface area contributed by atoms with E-state index >= 15 is 0 Å². The van der Waals surface area contributed by atoms with E-state index in [1.54, 1.807) is 30.3 Å². The molecule has 1 aromatic heterocycles. The van der Waals surface area contributed by atoms with Crippen molar-refractivity contribution in [3.05, 3.63) is 97.9 Å². The second-order valence-electron chi connectivity index (χ2n) is 8.78. The molecule has 1 aliphatic rings. The van der Waals surface area contributed by atoms with Gasteiger partial charge in [-0.3, -0.25) is 23.5 Å². The van der Waals surface area contributed by atoms with Gasteiger partial charge in [-0.1, -0.05) is 55.3 Å². The number of ketones is 1. The third kappa shape index (κ3) is 4.53. The molecule has 0 bridgehead atoms. The quantitative estimate of drug-likeness (QED) is 0.412. The van der Waals surface area contributed by atoms with E-state index in [0.717, 1.165) is 27.5 Å². The average molecular weight is 480 g/mol. The first kappa shape index (κ1) is 24.1. The van der Waals surface area contributed by atoms with Gasteiger partial charge in [-0.05, 0) is 36.1 Å². The lowest BCUT2D eigenvalue weighted by atomic mass is 9.79. The molecule has 0 aliphatic heterocycles. The van der Waals surface area contributed by atoms with Crippen LogP contribution in [0.2, 0.25) is 0 Å². The largest absolute Gasteiger partial charge is 0.457 e. The van der Waals surface area contributed by atoms with Crippen LogP contribution in [0.25, 0.3) is 0 Å². The zero-order valence-corrected chi connectivity index (χ0v) is 19.3. The van der Waals surface area contributed by atoms with Crippen LogP contribution < -0.4 is 17.0 Å². The minimum Gasteiger partial charge on any atom is -0.457 e. The number of ether oxygens (including phenoxy) is 1. The second-order valence-corrected chi connectivity index (χ2v) is 8.78. The number of hydrogen-bond donors (Lipinski definition) is 1. The van der Waals surface area contributed by atoms with Crippen LogP contribution in [0.3, 0.4) is 0 Å². The van der Waals surface area contributed by atoms with Crippen LogP contribution in [-0.2, 0) is 28.5 Å². The minimum absolute atomic E-state index is 0.0579. The number of Topliss-reactive ketones (excluding diaryl/α,β-unsaturated/α-hetero) is 1. The molecule has 8 nitrogen and oxygen atoms in total. The first-order valence-electron chi connectivity index (χ1n) is 11.3. The Labute approximate surface area is 200 Å². The maximum atomic E-state index is 13.9. The fourth-order valence-electron chi connectivity index (χ4n) is 4.68. The van der Waals surface area contributed by atoms with Crippen molar-refractivity contribution in [1.82, 2.24) is 9.13 Å². The smallest absolute Gasteiger partial charge is 0.332 e. The monoisotopic (exact) mass is 479 g/mol. The molecule has 2 aromatic carbocycles. The van der Waals surface area contributed by atoms with Gasteiger partial charge in [-0.25, -0.2) is 9.18 Å². The molecule has 0 spiro atoms. The molecule has 1 fully saturated rings. The maximum Gasteiger partial charge on any atom is 0.332 e. The van der Waals surface area contributed by atoms with Gasteiger partial charge in [-0.15, -0.1) is 0 Å². The van der Waals surface area contributed by atoms with Crippen molar-refractivity contribution in [2.24, 2.45) is 7.05 Å². The predicted octanol–water partition coefficient (Wildman–Crippen LogP) is 2.55. The average Bonchev–Trinajstić information content (AvgIpc) is 3.36. The van der Waals surface area contributed by atoms with E-state index in [2.05, 4.69) is 0 Å². The molecule has 3 aromatic rings. The molecule has 0 radical (unpaired) electrons. The van der Waals surface area contributed by atoms with E-state index in [1.807, 2.05) is 6.07 Å². The standard InChI is InChI=1S/C26H26FN3O5/c1-29-23(32)21(22(28)30(25(29)34)15-17-8-3-2-4-9-17)20(31)16-35-24(33)26(12-5-6-13-26)18-10-7-11-19(27)14-18/h2-4,7-11,14H,5-6,12-13,15-16,28H2,1H3. The normalized spacial score (nSPS) is 14.6. The summed E-state index contributed by atoms with van der Waals surface area (Å²) >= 11 is 0. The molecule has 0 amide bonds. The third-order valence-corrected chi connectivity index (χ3v) is 6.61. The highest BCUT2D eigenvalue weighted by molar-refractivity contribution is 6.01. The molecule has 1 aliphatic carbocycles. The summed E-state index contributed by atoms with van der Waals surface area (Å²) in [7, 11) is 1.26. The molecule has 4 rings (SSSR count). The van der Waals surface area contributed by atoms with Gasteiger partial charge in [0.15, 0.2) is 6.61 Å². The van der Waals surface area contributed by atoms with Crippen molar-refractivity contribution in [2.45, 2.75) is 37.6 Å². The summed E-state index contributed by atoms with van der Waals surface area (Å²) in [5, 5.41) is 0. The lowest BCUT2D eigenvalue weighted by molar-refractivity contribution is -0.149. The lowest BCUT2D eigenvalue weighted by Gasteiger charge is -2.27. The number of halogens is 1. The Hall–Kier alpha value is -4.01. The summed E-state index contributed by atoms with van der Waals surface area (Å²) < 4.78 is 21.2. The highest BCUT2D eigenvalue weighted by Crippen LogP contribution is 2.42. The topological polar surface area (TPSA) is 113 Å². The van der Waals surface area contributed by atoms with Crippen LogP contribution in [0.1, 0.15) is 47.2 Å². The number of hydrogen-bond acceptors (Lipinski definition) is 6. The van der Waals surface area contributed by atoms with Crippen LogP contribution in [0.4, 0.5) is 10.2 Å². The van der Waals surface area contributed by atoms with E-state index < -0.39 is 46.4 Å². The summed E-state index contributed by atoms with van der Waals surface area (Å²) in [4.78, 5) is 51.6. The molecule has 1 heterocycles. The number of esters is 1. The van der Waals surface area contributed by atoms with Gasteiger partial charge in [0.2, 0.25) is 5.78 Å². The Kier molecular flexibility index (Phi) is 6.68. The number of rotatable bonds is 7. The van der Waals surface area contributed by atoms with Crippen molar-refractivity contribution in [1.29, 1.82) is 0 Å². The van der Waals surface area contributed by atoms with Crippen molar-refractivity contribution in [2.75, 3.05) is 12.3 Å². The van der Waals surface area contributed by atoms with Gasteiger partial charge in [0.1, 0.15) is 17.2 Å². The summed E-state index contributed by atoms with van der Waals surface area (Å²) in [5.74, 6) is -2.22. The fourth-order valence-corrected chi connectivity index (χ4v) is 4.68. The maximum absolute atomic E-state index is 13.9. The van der Waals surface area contributed by atoms with Crippen LogP contribution in [0.5, 0.6) is 0 Å². The van der Waals surface area contributed by atoms with E-state index in [9.17, 15) is 23.6 Å².